The maximum atomic E-state index is 3.53. The molecule has 4 bridgehead atoms. The SMILES string of the molecule is CC(CC12CC3CC(CC(C3)C1)C2)C1CCNCC1. The van der Waals surface area contributed by atoms with Crippen molar-refractivity contribution in [2.45, 2.75) is 64.7 Å². The Hall–Kier alpha value is -0.0400. The molecule has 5 rings (SSSR count). The molecule has 1 saturated heterocycles. The van der Waals surface area contributed by atoms with E-state index in [1.807, 2.05) is 0 Å². The van der Waals surface area contributed by atoms with Gasteiger partial charge in [-0.3, -0.25) is 0 Å². The van der Waals surface area contributed by atoms with Gasteiger partial charge >= 0.3 is 0 Å². The number of piperidine rings is 1. The van der Waals surface area contributed by atoms with E-state index in [4.69, 9.17) is 0 Å². The third-order valence-electron chi connectivity index (χ3n) is 7.11. The molecule has 5 aliphatic rings. The van der Waals surface area contributed by atoms with Gasteiger partial charge in [0.15, 0.2) is 0 Å². The first-order valence-corrected chi connectivity index (χ1v) is 8.93. The van der Waals surface area contributed by atoms with Gasteiger partial charge in [0.1, 0.15) is 0 Å². The highest BCUT2D eigenvalue weighted by molar-refractivity contribution is 5.02. The lowest BCUT2D eigenvalue weighted by Gasteiger charge is -2.58. The highest BCUT2D eigenvalue weighted by Gasteiger charge is 2.51. The molecule has 4 aliphatic carbocycles. The maximum Gasteiger partial charge on any atom is -0.00462 e. The minimum absolute atomic E-state index is 0.805. The Morgan fingerprint density at radius 1 is 0.947 bits per heavy atom. The summed E-state index contributed by atoms with van der Waals surface area (Å²) >= 11 is 0. The molecular formula is C18H31N. The summed E-state index contributed by atoms with van der Waals surface area (Å²) in [6.07, 6.45) is 14.1. The van der Waals surface area contributed by atoms with E-state index in [-0.39, 0.29) is 0 Å². The van der Waals surface area contributed by atoms with Gasteiger partial charge < -0.3 is 5.32 Å². The highest BCUT2D eigenvalue weighted by Crippen LogP contribution is 2.62. The Balaban J connectivity index is 1.44. The van der Waals surface area contributed by atoms with Gasteiger partial charge in [0.25, 0.3) is 0 Å². The summed E-state index contributed by atoms with van der Waals surface area (Å²) in [5.41, 5.74) is 0.805. The summed E-state index contributed by atoms with van der Waals surface area (Å²) in [5, 5.41) is 3.53. The van der Waals surface area contributed by atoms with E-state index < -0.39 is 0 Å². The lowest BCUT2D eigenvalue weighted by Crippen LogP contribution is -2.47. The predicted octanol–water partition coefficient (Wildman–Crippen LogP) is 4.23. The Bertz CT molecular complexity index is 293. The minimum Gasteiger partial charge on any atom is -0.317 e. The molecule has 19 heavy (non-hydrogen) atoms. The first-order valence-electron chi connectivity index (χ1n) is 8.93. The van der Waals surface area contributed by atoms with Crippen LogP contribution >= 0.6 is 0 Å². The third kappa shape index (κ3) is 2.37. The van der Waals surface area contributed by atoms with E-state index in [0.717, 1.165) is 35.0 Å². The molecule has 1 aliphatic heterocycles. The van der Waals surface area contributed by atoms with Gasteiger partial charge in [-0.05, 0) is 106 Å². The van der Waals surface area contributed by atoms with Crippen LogP contribution in [0.3, 0.4) is 0 Å². The Kier molecular flexibility index (Phi) is 3.17. The van der Waals surface area contributed by atoms with Crippen LogP contribution in [0.15, 0.2) is 0 Å². The Morgan fingerprint density at radius 3 is 2.00 bits per heavy atom. The average molecular weight is 261 g/mol. The molecule has 4 saturated carbocycles. The molecular weight excluding hydrogens is 230 g/mol. The molecule has 1 atom stereocenters. The molecule has 5 fully saturated rings. The van der Waals surface area contributed by atoms with Gasteiger partial charge in [0, 0.05) is 0 Å². The van der Waals surface area contributed by atoms with Gasteiger partial charge in [-0.25, -0.2) is 0 Å². The van der Waals surface area contributed by atoms with Crippen LogP contribution in [-0.4, -0.2) is 13.1 Å². The third-order valence-corrected chi connectivity index (χ3v) is 7.11. The summed E-state index contributed by atoms with van der Waals surface area (Å²) in [7, 11) is 0. The molecule has 0 radical (unpaired) electrons. The zero-order valence-corrected chi connectivity index (χ0v) is 12.7. The smallest absolute Gasteiger partial charge is 0.00462 e. The Labute approximate surface area is 118 Å². The summed E-state index contributed by atoms with van der Waals surface area (Å²) in [4.78, 5) is 0. The minimum atomic E-state index is 0.805. The van der Waals surface area contributed by atoms with E-state index in [1.54, 1.807) is 44.9 Å². The summed E-state index contributed by atoms with van der Waals surface area (Å²) in [5.74, 6) is 5.40. The number of hydrogen-bond donors (Lipinski definition) is 1. The van der Waals surface area contributed by atoms with Crippen molar-refractivity contribution < 1.29 is 0 Å². The summed E-state index contributed by atoms with van der Waals surface area (Å²) in [6, 6.07) is 0. The molecule has 0 aromatic rings. The zero-order valence-electron chi connectivity index (χ0n) is 12.7. The van der Waals surface area contributed by atoms with Crippen molar-refractivity contribution in [3.63, 3.8) is 0 Å². The van der Waals surface area contributed by atoms with Gasteiger partial charge in [-0.2, -0.15) is 0 Å². The van der Waals surface area contributed by atoms with Crippen molar-refractivity contribution >= 4 is 0 Å². The van der Waals surface area contributed by atoms with Crippen LogP contribution in [0.1, 0.15) is 64.7 Å². The van der Waals surface area contributed by atoms with Crippen LogP contribution in [0.4, 0.5) is 0 Å². The number of nitrogens with one attached hydrogen (secondary N) is 1. The molecule has 1 N–H and O–H groups in total. The van der Waals surface area contributed by atoms with Crippen molar-refractivity contribution in [3.8, 4) is 0 Å². The van der Waals surface area contributed by atoms with Gasteiger partial charge in [-0.15, -0.1) is 0 Å². The van der Waals surface area contributed by atoms with Crippen molar-refractivity contribution in [2.75, 3.05) is 13.1 Å². The zero-order chi connectivity index (χ0) is 12.9. The average Bonchev–Trinajstić information content (AvgIpc) is 2.37. The Morgan fingerprint density at radius 2 is 1.47 bits per heavy atom. The van der Waals surface area contributed by atoms with Gasteiger partial charge in [0.2, 0.25) is 0 Å². The predicted molar refractivity (Wildman–Crippen MR) is 80.0 cm³/mol. The van der Waals surface area contributed by atoms with Crippen molar-refractivity contribution in [3.05, 3.63) is 0 Å². The summed E-state index contributed by atoms with van der Waals surface area (Å²) in [6.45, 7) is 5.13. The van der Waals surface area contributed by atoms with Gasteiger partial charge in [0.05, 0.1) is 0 Å². The second-order valence-corrected chi connectivity index (χ2v) is 8.69. The van der Waals surface area contributed by atoms with Gasteiger partial charge in [-0.1, -0.05) is 6.92 Å². The molecule has 1 heterocycles. The lowest BCUT2D eigenvalue weighted by atomic mass is 9.48. The van der Waals surface area contributed by atoms with Crippen LogP contribution in [0.2, 0.25) is 0 Å². The van der Waals surface area contributed by atoms with Crippen LogP contribution < -0.4 is 5.32 Å². The maximum absolute atomic E-state index is 3.53. The molecule has 1 heteroatoms. The first kappa shape index (κ1) is 12.7. The van der Waals surface area contributed by atoms with E-state index in [2.05, 4.69) is 12.2 Å². The van der Waals surface area contributed by atoms with Crippen LogP contribution in [-0.2, 0) is 0 Å². The summed E-state index contributed by atoms with van der Waals surface area (Å²) < 4.78 is 0. The fourth-order valence-corrected chi connectivity index (χ4v) is 6.80. The second kappa shape index (κ2) is 4.76. The largest absolute Gasteiger partial charge is 0.317 e. The van der Waals surface area contributed by atoms with Crippen molar-refractivity contribution in [2.24, 2.45) is 35.0 Å². The lowest BCUT2D eigenvalue weighted by molar-refractivity contribution is -0.0687. The van der Waals surface area contributed by atoms with Crippen LogP contribution in [0, 0.1) is 35.0 Å². The molecule has 0 spiro atoms. The van der Waals surface area contributed by atoms with E-state index >= 15 is 0 Å². The molecule has 1 nitrogen and oxygen atoms in total. The van der Waals surface area contributed by atoms with E-state index in [9.17, 15) is 0 Å². The standard InChI is InChI=1S/C18H31N/c1-13(17-2-4-19-5-3-17)9-18-10-14-6-15(11-18)8-16(7-14)12-18/h13-17,19H,2-12H2,1H3. The van der Waals surface area contributed by atoms with E-state index in [0.29, 0.717) is 0 Å². The normalized spacial score (nSPS) is 47.5. The molecule has 0 aromatic heterocycles. The molecule has 108 valence electrons. The van der Waals surface area contributed by atoms with Crippen molar-refractivity contribution in [1.82, 2.24) is 5.32 Å². The quantitative estimate of drug-likeness (QED) is 0.801. The monoisotopic (exact) mass is 261 g/mol. The highest BCUT2D eigenvalue weighted by atomic mass is 14.9. The van der Waals surface area contributed by atoms with Crippen LogP contribution in [0.5, 0.6) is 0 Å². The number of hydrogen-bond acceptors (Lipinski definition) is 1. The van der Waals surface area contributed by atoms with E-state index in [1.165, 1.54) is 25.9 Å². The molecule has 0 amide bonds. The fraction of sp³-hybridized carbons (Fsp3) is 1.00. The first-order chi connectivity index (χ1) is 9.22. The molecule has 1 unspecified atom stereocenters. The fourth-order valence-electron chi connectivity index (χ4n) is 6.80. The topological polar surface area (TPSA) is 12.0 Å². The second-order valence-electron chi connectivity index (χ2n) is 8.69. The van der Waals surface area contributed by atoms with Crippen molar-refractivity contribution in [1.29, 1.82) is 0 Å². The van der Waals surface area contributed by atoms with Crippen LogP contribution in [0.25, 0.3) is 0 Å². The molecule has 0 aromatic carbocycles. The number of rotatable bonds is 3.